The molecule has 0 amide bonds. The quantitative estimate of drug-likeness (QED) is 0.0452. The van der Waals surface area contributed by atoms with Crippen LogP contribution < -0.4 is 0 Å². The van der Waals surface area contributed by atoms with E-state index in [1.165, 1.54) is 19.1 Å². The molecule has 0 aromatic heterocycles. The molecule has 8 aliphatic rings. The molecule has 0 radical (unpaired) electrons. The van der Waals surface area contributed by atoms with Crippen LogP contribution in [0.15, 0.2) is 23.8 Å². The van der Waals surface area contributed by atoms with Crippen LogP contribution in [-0.4, -0.2) is 216 Å². The molecule has 3 saturated heterocycles. The maximum absolute atomic E-state index is 13.1. The van der Waals surface area contributed by atoms with Gasteiger partial charge in [0.15, 0.2) is 31.1 Å². The molecule has 0 spiro atoms. The van der Waals surface area contributed by atoms with Gasteiger partial charge in [-0.1, -0.05) is 66.2 Å². The fourth-order valence-corrected chi connectivity index (χ4v) is 16.1. The van der Waals surface area contributed by atoms with Crippen LogP contribution in [-0.2, 0) is 52.3 Å². The Labute approximate surface area is 441 Å². The van der Waals surface area contributed by atoms with Crippen LogP contribution >= 0.6 is 0 Å². The van der Waals surface area contributed by atoms with E-state index < -0.39 is 193 Å². The first kappa shape index (κ1) is 59.3. The second-order valence-electron chi connectivity index (χ2n) is 24.8. The average Bonchev–Trinajstić information content (AvgIpc) is 3.72. The van der Waals surface area contributed by atoms with Crippen LogP contribution in [0, 0.1) is 50.2 Å². The Balaban J connectivity index is 1.13. The third kappa shape index (κ3) is 9.12. The van der Waals surface area contributed by atoms with Crippen LogP contribution in [0.2, 0.25) is 0 Å². The molecule has 5 aliphatic carbocycles. The Hall–Kier alpha value is -2.79. The highest BCUT2D eigenvalue weighted by atomic mass is 16.8. The summed E-state index contributed by atoms with van der Waals surface area (Å²) in [6, 6.07) is 0. The lowest BCUT2D eigenvalue weighted by molar-refractivity contribution is -0.386. The lowest BCUT2D eigenvalue weighted by atomic mass is 9.32. The summed E-state index contributed by atoms with van der Waals surface area (Å²) >= 11 is 0. The van der Waals surface area contributed by atoms with Crippen LogP contribution in [0.3, 0.4) is 0 Å². The van der Waals surface area contributed by atoms with Gasteiger partial charge in [0.05, 0.1) is 43.5 Å². The van der Waals surface area contributed by atoms with Crippen molar-refractivity contribution in [2.45, 2.75) is 217 Å². The maximum Gasteiger partial charge on any atom is 0.335 e. The number of aliphatic hydroxyl groups is 11. The second-order valence-corrected chi connectivity index (χ2v) is 24.8. The number of esters is 2. The summed E-state index contributed by atoms with van der Waals surface area (Å²) in [6.07, 6.45) is -24.1. The Morgan fingerprint density at radius 1 is 0.684 bits per heavy atom. The highest BCUT2D eigenvalue weighted by molar-refractivity contribution is 5.82. The number of fused-ring (bicyclic) bond motifs is 7. The fourth-order valence-electron chi connectivity index (χ4n) is 16.1. The van der Waals surface area contributed by atoms with E-state index in [0.717, 1.165) is 5.57 Å². The molecule has 3 heterocycles. The van der Waals surface area contributed by atoms with Gasteiger partial charge in [-0.2, -0.15) is 0 Å². The molecule has 0 bridgehead atoms. The zero-order valence-corrected chi connectivity index (χ0v) is 44.7. The summed E-state index contributed by atoms with van der Waals surface area (Å²) in [5.41, 5.74) is -4.80. The fraction of sp³-hybridized carbons (Fsp3) is 0.868. The van der Waals surface area contributed by atoms with Gasteiger partial charge in [0.2, 0.25) is 0 Å². The number of aliphatic carboxylic acids is 1. The molecule has 76 heavy (non-hydrogen) atoms. The van der Waals surface area contributed by atoms with E-state index >= 15 is 0 Å². The molecule has 432 valence electrons. The number of carbonyl (C=O) groups excluding carboxylic acids is 2. The smallest absolute Gasteiger partial charge is 0.335 e. The van der Waals surface area contributed by atoms with Gasteiger partial charge in [0.1, 0.15) is 67.1 Å². The van der Waals surface area contributed by atoms with Crippen molar-refractivity contribution in [1.82, 2.24) is 0 Å². The van der Waals surface area contributed by atoms with Crippen LogP contribution in [0.25, 0.3) is 0 Å². The Bertz CT molecular complexity index is 2200. The highest BCUT2D eigenvalue weighted by Gasteiger charge is 2.76. The first-order valence-electron chi connectivity index (χ1n) is 26.6. The topological polar surface area (TPSA) is 368 Å². The monoisotopic (exact) mass is 1090 g/mol. The summed E-state index contributed by atoms with van der Waals surface area (Å²) in [5, 5.41) is 133. The molecule has 8 rings (SSSR count). The minimum Gasteiger partial charge on any atom is -0.479 e. The second kappa shape index (κ2) is 21.3. The standard InChI is InChI=1S/C53H82O23/c1-10-11-30(58)73-42-43(69-22(2)57)53(21-56)24(18-48(42,3)4)23-12-13-28-50(7)16-15-29(49(5,6)27(50)14-17-51(28,8)52(23,9)40(65)41(53)66)72-47-39(76-46-35(63)33(61)31(59)25(19-54)70-46)37(36(64)38(75-47)44(67)68)74-45-34(62)32(60)26(20-55)71-45/h10-12,24-29,31-43,45-47,54-56,59-66H,13-21H2,1-9H3,(H,67,68)/b11-10+/t24-,25+,26-,27-,28+,29?,31-,32-,33-,34+,35+,36-,37-,38-,39+,40-,41+,42-,43-,45-,46-,47+,50-,51+,52-,53-/m0/s1. The van der Waals surface area contributed by atoms with Gasteiger partial charge >= 0.3 is 17.9 Å². The third-order valence-corrected chi connectivity index (χ3v) is 20.2. The van der Waals surface area contributed by atoms with Gasteiger partial charge in [-0.3, -0.25) is 4.79 Å². The number of aliphatic hydroxyl groups excluding tert-OH is 11. The number of carbonyl (C=O) groups is 3. The molecule has 23 heteroatoms. The van der Waals surface area contributed by atoms with Crippen molar-refractivity contribution in [2.24, 2.45) is 50.2 Å². The molecule has 26 atom stereocenters. The van der Waals surface area contributed by atoms with Gasteiger partial charge in [0.25, 0.3) is 0 Å². The van der Waals surface area contributed by atoms with Gasteiger partial charge in [-0.15, -0.1) is 0 Å². The first-order valence-corrected chi connectivity index (χ1v) is 26.6. The summed E-state index contributed by atoms with van der Waals surface area (Å²) in [6.45, 7) is 14.7. The zero-order chi connectivity index (χ0) is 56.2. The van der Waals surface area contributed by atoms with E-state index in [-0.39, 0.29) is 11.8 Å². The molecule has 12 N–H and O–H groups in total. The molecule has 7 fully saturated rings. The van der Waals surface area contributed by atoms with E-state index in [1.54, 1.807) is 6.92 Å². The van der Waals surface area contributed by atoms with Crippen molar-refractivity contribution in [2.75, 3.05) is 19.8 Å². The van der Waals surface area contributed by atoms with Gasteiger partial charge in [0, 0.05) is 23.8 Å². The first-order chi connectivity index (χ1) is 35.5. The largest absolute Gasteiger partial charge is 0.479 e. The van der Waals surface area contributed by atoms with Crippen molar-refractivity contribution in [3.8, 4) is 0 Å². The third-order valence-electron chi connectivity index (χ3n) is 20.2. The van der Waals surface area contributed by atoms with Crippen LogP contribution in [0.1, 0.15) is 101 Å². The molecule has 23 nitrogen and oxygen atoms in total. The van der Waals surface area contributed by atoms with Crippen molar-refractivity contribution < 1.29 is 114 Å². The number of ether oxygens (including phenoxy) is 8. The predicted octanol–water partition coefficient (Wildman–Crippen LogP) is -1.07. The molecule has 3 aliphatic heterocycles. The number of carboxylic acid groups (broad SMARTS) is 1. The Kier molecular flexibility index (Phi) is 16.6. The van der Waals surface area contributed by atoms with Gasteiger partial charge < -0.3 is 99.2 Å². The maximum atomic E-state index is 13.1. The van der Waals surface area contributed by atoms with Crippen molar-refractivity contribution >= 4 is 17.9 Å². The van der Waals surface area contributed by atoms with E-state index in [9.17, 15) is 75.7 Å². The number of rotatable bonds is 13. The number of hydrogen-bond acceptors (Lipinski definition) is 22. The molecular formula is C53H82O23. The summed E-state index contributed by atoms with van der Waals surface area (Å²) in [4.78, 5) is 38.8. The Morgan fingerprint density at radius 2 is 1.28 bits per heavy atom. The van der Waals surface area contributed by atoms with Crippen molar-refractivity contribution in [3.05, 3.63) is 23.8 Å². The molecule has 1 unspecified atom stereocenters. The summed E-state index contributed by atoms with van der Waals surface area (Å²) in [5.74, 6) is -3.99. The summed E-state index contributed by atoms with van der Waals surface area (Å²) in [7, 11) is 0. The van der Waals surface area contributed by atoms with Crippen LogP contribution in [0.4, 0.5) is 0 Å². The average molecular weight is 1090 g/mol. The van der Waals surface area contributed by atoms with E-state index in [0.29, 0.717) is 38.5 Å². The van der Waals surface area contributed by atoms with E-state index in [4.69, 9.17) is 37.9 Å². The summed E-state index contributed by atoms with van der Waals surface area (Å²) < 4.78 is 48.4. The lowest BCUT2D eigenvalue weighted by Crippen LogP contribution is -2.76. The SMILES string of the molecule is C/C=C/C(=O)O[C@H]1[C@H](OC(C)=O)[C@]2(CO)[C@H](O)[C@H](O)[C@]3(C)C(=CC[C@@H]4[C@@]5(C)CCC(O[C@@H]6O[C@H](C(=O)O)[C@@H](O)[C@H](O[C@@H]7O[C@@H](CO)[C@H](O)[C@H]7O)[C@H]6O[C@@H]6O[C@H](CO)[C@H](O)[C@H](O)[C@H]6O)C(C)(C)[C@@H]5CC[C@]43C)[C@@H]2CC1(C)C. The van der Waals surface area contributed by atoms with Crippen molar-refractivity contribution in [1.29, 1.82) is 0 Å². The molecular weight excluding hydrogens is 1000 g/mol. The van der Waals surface area contributed by atoms with Crippen LogP contribution in [0.5, 0.6) is 0 Å². The number of hydrogen-bond donors (Lipinski definition) is 12. The van der Waals surface area contributed by atoms with E-state index in [2.05, 4.69) is 19.9 Å². The van der Waals surface area contributed by atoms with Crippen molar-refractivity contribution in [3.63, 3.8) is 0 Å². The minimum absolute atomic E-state index is 0.139. The predicted molar refractivity (Wildman–Crippen MR) is 258 cm³/mol. The normalized spacial score (nSPS) is 50.6. The minimum atomic E-state index is -2.12. The van der Waals surface area contributed by atoms with Gasteiger partial charge in [-0.25, -0.2) is 9.59 Å². The molecule has 0 aromatic carbocycles. The molecule has 4 saturated carbocycles. The zero-order valence-electron chi connectivity index (χ0n) is 44.7. The number of allylic oxidation sites excluding steroid dienone is 2. The van der Waals surface area contributed by atoms with Gasteiger partial charge in [-0.05, 0) is 79.4 Å². The lowest BCUT2D eigenvalue weighted by Gasteiger charge is -2.73. The highest BCUT2D eigenvalue weighted by Crippen LogP contribution is 2.76. The number of carboxylic acids is 1. The molecule has 0 aromatic rings. The van der Waals surface area contributed by atoms with E-state index in [1.807, 2.05) is 34.6 Å². The Morgan fingerprint density at radius 3 is 1.84 bits per heavy atom.